The summed E-state index contributed by atoms with van der Waals surface area (Å²) in [5.41, 5.74) is 5.41. The molecule has 2 rings (SSSR count). The maximum absolute atomic E-state index is 13.4. The number of sulfonamides is 1. The third kappa shape index (κ3) is 2.91. The Hall–Kier alpha value is -1.93. The lowest BCUT2D eigenvalue weighted by Crippen LogP contribution is -2.24. The van der Waals surface area contributed by atoms with Crippen molar-refractivity contribution in [3.63, 3.8) is 0 Å². The molecular weight excluding hydrogens is 271 g/mol. The van der Waals surface area contributed by atoms with Crippen LogP contribution in [0.2, 0.25) is 0 Å². The fourth-order valence-electron chi connectivity index (χ4n) is 1.56. The fraction of sp³-hybridized carbons (Fsp3) is 0.182. The summed E-state index contributed by atoms with van der Waals surface area (Å²) in [7, 11) is -3.75. The van der Waals surface area contributed by atoms with Gasteiger partial charge in [-0.1, -0.05) is 0 Å². The van der Waals surface area contributed by atoms with Crippen molar-refractivity contribution in [2.75, 3.05) is 5.73 Å². The maximum atomic E-state index is 13.4. The van der Waals surface area contributed by atoms with Gasteiger partial charge in [-0.05, 0) is 24.6 Å². The first-order valence-corrected chi connectivity index (χ1v) is 6.92. The summed E-state index contributed by atoms with van der Waals surface area (Å²) in [6, 6.07) is 2.32. The molecule has 102 valence electrons. The summed E-state index contributed by atoms with van der Waals surface area (Å²) in [6.07, 6.45) is 3.10. The van der Waals surface area contributed by atoms with Crippen LogP contribution in [0.4, 0.5) is 10.1 Å². The van der Waals surface area contributed by atoms with E-state index < -0.39 is 15.8 Å². The van der Waals surface area contributed by atoms with Crippen LogP contribution >= 0.6 is 0 Å². The Bertz CT molecular complexity index is 660. The van der Waals surface area contributed by atoms with Gasteiger partial charge in [0.05, 0.1) is 17.1 Å². The topological polar surface area (TPSA) is 101 Å². The summed E-state index contributed by atoms with van der Waals surface area (Å²) < 4.78 is 39.7. The van der Waals surface area contributed by atoms with Gasteiger partial charge >= 0.3 is 0 Å². The molecule has 0 amide bonds. The second kappa shape index (κ2) is 4.98. The molecule has 6 nitrogen and oxygen atoms in total. The number of nitrogens with one attached hydrogen (secondary N) is 2. The number of nitrogens with zero attached hydrogens (tertiary/aromatic N) is 1. The molecule has 0 aliphatic carbocycles. The first-order chi connectivity index (χ1) is 8.90. The summed E-state index contributed by atoms with van der Waals surface area (Å²) in [4.78, 5) is 6.59. The number of aromatic amines is 1. The predicted molar refractivity (Wildman–Crippen MR) is 68.2 cm³/mol. The van der Waals surface area contributed by atoms with Crippen LogP contribution in [0.5, 0.6) is 0 Å². The molecule has 1 aromatic heterocycles. The van der Waals surface area contributed by atoms with Gasteiger partial charge in [0.2, 0.25) is 10.0 Å². The Morgan fingerprint density at radius 1 is 1.47 bits per heavy atom. The van der Waals surface area contributed by atoms with Crippen molar-refractivity contribution in [2.45, 2.75) is 18.4 Å². The zero-order chi connectivity index (χ0) is 14.0. The van der Waals surface area contributed by atoms with Gasteiger partial charge < -0.3 is 10.7 Å². The number of anilines is 1. The van der Waals surface area contributed by atoms with Crippen LogP contribution in [-0.2, 0) is 16.6 Å². The number of nitrogen functional groups attached to an aromatic ring is 1. The van der Waals surface area contributed by atoms with Crippen molar-refractivity contribution in [2.24, 2.45) is 0 Å². The average Bonchev–Trinajstić information content (AvgIpc) is 2.86. The van der Waals surface area contributed by atoms with Gasteiger partial charge in [-0.3, -0.25) is 0 Å². The zero-order valence-corrected chi connectivity index (χ0v) is 11.0. The molecule has 1 aromatic carbocycles. The summed E-state index contributed by atoms with van der Waals surface area (Å²) in [5.74, 6) is -0.125. The molecule has 0 saturated carbocycles. The molecule has 0 aliphatic heterocycles. The number of hydrogen-bond donors (Lipinski definition) is 3. The smallest absolute Gasteiger partial charge is 0.241 e. The minimum atomic E-state index is -3.75. The lowest BCUT2D eigenvalue weighted by atomic mass is 10.2. The molecular formula is C11H13FN4O2S. The molecule has 0 bridgehead atoms. The molecule has 4 N–H and O–H groups in total. The van der Waals surface area contributed by atoms with Crippen molar-refractivity contribution in [3.8, 4) is 0 Å². The van der Waals surface area contributed by atoms with E-state index in [2.05, 4.69) is 14.7 Å². The Balaban J connectivity index is 2.24. The zero-order valence-electron chi connectivity index (χ0n) is 10.1. The van der Waals surface area contributed by atoms with Crippen LogP contribution in [0, 0.1) is 12.7 Å². The Morgan fingerprint density at radius 3 is 2.79 bits per heavy atom. The SMILES string of the molecule is Cc1cc(S(=O)(=O)NCc2ncc[nH]2)cc(N)c1F. The summed E-state index contributed by atoms with van der Waals surface area (Å²) in [5, 5.41) is 0. The third-order valence-electron chi connectivity index (χ3n) is 2.55. The van der Waals surface area contributed by atoms with E-state index in [4.69, 9.17) is 5.73 Å². The van der Waals surface area contributed by atoms with Crippen LogP contribution in [0.3, 0.4) is 0 Å². The minimum Gasteiger partial charge on any atom is -0.396 e. The van der Waals surface area contributed by atoms with Crippen molar-refractivity contribution in [1.82, 2.24) is 14.7 Å². The van der Waals surface area contributed by atoms with E-state index in [1.54, 1.807) is 6.20 Å². The predicted octanol–water partition coefficient (Wildman–Crippen LogP) is 0.918. The normalized spacial score (nSPS) is 11.7. The molecule has 19 heavy (non-hydrogen) atoms. The number of imidazole rings is 1. The minimum absolute atomic E-state index is 0.0195. The van der Waals surface area contributed by atoms with Gasteiger partial charge in [0.15, 0.2) is 0 Å². The number of hydrogen-bond acceptors (Lipinski definition) is 4. The number of halogens is 1. The van der Waals surface area contributed by atoms with Crippen LogP contribution in [0.1, 0.15) is 11.4 Å². The highest BCUT2D eigenvalue weighted by Crippen LogP contribution is 2.20. The van der Waals surface area contributed by atoms with Gasteiger partial charge in [-0.2, -0.15) is 0 Å². The number of rotatable bonds is 4. The fourth-order valence-corrected chi connectivity index (χ4v) is 2.67. The van der Waals surface area contributed by atoms with Crippen LogP contribution in [0.25, 0.3) is 0 Å². The van der Waals surface area contributed by atoms with Gasteiger partial charge in [-0.15, -0.1) is 0 Å². The first-order valence-electron chi connectivity index (χ1n) is 5.43. The van der Waals surface area contributed by atoms with Gasteiger partial charge in [0.25, 0.3) is 0 Å². The van der Waals surface area contributed by atoms with Gasteiger partial charge in [0, 0.05) is 12.4 Å². The summed E-state index contributed by atoms with van der Waals surface area (Å²) >= 11 is 0. The molecule has 0 spiro atoms. The molecule has 0 fully saturated rings. The lowest BCUT2D eigenvalue weighted by molar-refractivity contribution is 0.578. The lowest BCUT2D eigenvalue weighted by Gasteiger charge is -2.08. The Kier molecular flexibility index (Phi) is 3.54. The number of nitrogens with two attached hydrogens (primary N) is 1. The summed E-state index contributed by atoms with van der Waals surface area (Å²) in [6.45, 7) is 1.48. The number of aromatic nitrogens is 2. The highest BCUT2D eigenvalue weighted by molar-refractivity contribution is 7.89. The molecule has 0 unspecified atom stereocenters. The molecule has 0 atom stereocenters. The van der Waals surface area contributed by atoms with E-state index in [0.29, 0.717) is 5.82 Å². The van der Waals surface area contributed by atoms with Gasteiger partial charge in [0.1, 0.15) is 11.6 Å². The highest BCUT2D eigenvalue weighted by Gasteiger charge is 2.17. The highest BCUT2D eigenvalue weighted by atomic mass is 32.2. The van der Waals surface area contributed by atoms with Crippen LogP contribution in [-0.4, -0.2) is 18.4 Å². The van der Waals surface area contributed by atoms with Crippen molar-refractivity contribution < 1.29 is 12.8 Å². The maximum Gasteiger partial charge on any atom is 0.241 e. The van der Waals surface area contributed by atoms with E-state index in [9.17, 15) is 12.8 Å². The standard InChI is InChI=1S/C11H13FN4O2S/c1-7-4-8(5-9(13)11(7)12)19(17,18)16-6-10-14-2-3-15-10/h2-5,16H,6,13H2,1H3,(H,14,15). The number of H-pyrrole nitrogens is 1. The second-order valence-corrected chi connectivity index (χ2v) is 5.77. The van der Waals surface area contributed by atoms with E-state index >= 15 is 0 Å². The second-order valence-electron chi connectivity index (χ2n) is 4.00. The largest absolute Gasteiger partial charge is 0.396 e. The molecule has 0 aliphatic rings. The average molecular weight is 284 g/mol. The van der Waals surface area contributed by atoms with Crippen molar-refractivity contribution in [1.29, 1.82) is 0 Å². The third-order valence-corrected chi connectivity index (χ3v) is 3.93. The van der Waals surface area contributed by atoms with E-state index in [-0.39, 0.29) is 22.7 Å². The number of benzene rings is 1. The molecule has 1 heterocycles. The van der Waals surface area contributed by atoms with Crippen LogP contribution in [0.15, 0.2) is 29.4 Å². The molecule has 2 aromatic rings. The first kappa shape index (κ1) is 13.5. The van der Waals surface area contributed by atoms with Crippen molar-refractivity contribution in [3.05, 3.63) is 41.7 Å². The van der Waals surface area contributed by atoms with Crippen LogP contribution < -0.4 is 10.5 Å². The molecule has 0 radical (unpaired) electrons. The monoisotopic (exact) mass is 284 g/mol. The Morgan fingerprint density at radius 2 is 2.21 bits per heavy atom. The van der Waals surface area contributed by atoms with Gasteiger partial charge in [-0.25, -0.2) is 22.5 Å². The van der Waals surface area contributed by atoms with E-state index in [1.165, 1.54) is 19.2 Å². The molecule has 0 saturated heterocycles. The Labute approximate surface area is 109 Å². The van der Waals surface area contributed by atoms with E-state index in [1.807, 2.05) is 0 Å². The quantitative estimate of drug-likeness (QED) is 0.727. The van der Waals surface area contributed by atoms with Crippen molar-refractivity contribution >= 4 is 15.7 Å². The molecule has 8 heteroatoms. The number of aryl methyl sites for hydroxylation is 1. The van der Waals surface area contributed by atoms with E-state index in [0.717, 1.165) is 6.07 Å².